The van der Waals surface area contributed by atoms with E-state index in [0.29, 0.717) is 19.1 Å². The lowest BCUT2D eigenvalue weighted by molar-refractivity contribution is -0.384. The van der Waals surface area contributed by atoms with E-state index in [-0.39, 0.29) is 21.8 Å². The topological polar surface area (TPSA) is 79.2 Å². The summed E-state index contributed by atoms with van der Waals surface area (Å²) in [5.41, 5.74) is 0.0775. The van der Waals surface area contributed by atoms with Crippen LogP contribution >= 0.6 is 23.2 Å². The van der Waals surface area contributed by atoms with E-state index in [1.165, 1.54) is 0 Å². The number of carbonyl (C=O) groups excluding carboxylic acids is 1. The molecule has 0 spiro atoms. The molecule has 1 amide bonds. The Kier molecular flexibility index (Phi) is 6.99. The Bertz CT molecular complexity index is 775. The molecule has 0 N–H and O–H groups in total. The lowest BCUT2D eigenvalue weighted by Crippen LogP contribution is -2.55. The van der Waals surface area contributed by atoms with Gasteiger partial charge in [-0.15, -0.1) is 0 Å². The molecule has 1 aromatic carbocycles. The standard InChI is InChI=1S/C20H28Cl2N4O4/c1-20(2,3)30-19(27)25-10-8-24(9-11-25)14-4-6-23(7-5-14)15-12-16(21)18(26(28)29)17(22)13-15/h12-14H,4-11H2,1-3H3. The molecule has 2 aliphatic rings. The van der Waals surface area contributed by atoms with Crippen molar-refractivity contribution in [3.05, 3.63) is 32.3 Å². The maximum atomic E-state index is 12.2. The number of nitrogens with zero attached hydrogens (tertiary/aromatic N) is 4. The number of piperazine rings is 1. The van der Waals surface area contributed by atoms with Gasteiger partial charge in [-0.2, -0.15) is 0 Å². The van der Waals surface area contributed by atoms with E-state index in [0.717, 1.165) is 44.7 Å². The minimum Gasteiger partial charge on any atom is -0.444 e. The van der Waals surface area contributed by atoms with Crippen LogP contribution in [0.2, 0.25) is 10.0 Å². The molecule has 0 aliphatic carbocycles. The van der Waals surface area contributed by atoms with Gasteiger partial charge in [-0.25, -0.2) is 4.79 Å². The van der Waals surface area contributed by atoms with Crippen molar-refractivity contribution in [3.63, 3.8) is 0 Å². The van der Waals surface area contributed by atoms with Crippen LogP contribution in [0.5, 0.6) is 0 Å². The molecule has 2 heterocycles. The van der Waals surface area contributed by atoms with Crippen molar-refractivity contribution in [3.8, 4) is 0 Å². The Hall–Kier alpha value is -1.77. The Morgan fingerprint density at radius 2 is 1.60 bits per heavy atom. The minimum atomic E-state index is -0.558. The Morgan fingerprint density at radius 3 is 2.07 bits per heavy atom. The second kappa shape index (κ2) is 9.16. The summed E-state index contributed by atoms with van der Waals surface area (Å²) in [6.45, 7) is 10.3. The predicted molar refractivity (Wildman–Crippen MR) is 118 cm³/mol. The molecule has 0 aromatic heterocycles. The van der Waals surface area contributed by atoms with E-state index in [4.69, 9.17) is 27.9 Å². The van der Waals surface area contributed by atoms with Gasteiger partial charge < -0.3 is 14.5 Å². The molecule has 0 unspecified atom stereocenters. The maximum absolute atomic E-state index is 12.2. The highest BCUT2D eigenvalue weighted by Gasteiger charge is 2.31. The number of nitro groups is 1. The van der Waals surface area contributed by atoms with Gasteiger partial charge in [0.2, 0.25) is 0 Å². The highest BCUT2D eigenvalue weighted by atomic mass is 35.5. The number of carbonyl (C=O) groups is 1. The molecule has 30 heavy (non-hydrogen) atoms. The van der Waals surface area contributed by atoms with Gasteiger partial charge in [-0.3, -0.25) is 15.0 Å². The number of nitro benzene ring substituents is 1. The average Bonchev–Trinajstić information content (AvgIpc) is 2.66. The van der Waals surface area contributed by atoms with Crippen molar-refractivity contribution in [2.45, 2.75) is 45.3 Å². The number of halogens is 2. The fourth-order valence-electron chi connectivity index (χ4n) is 3.99. The van der Waals surface area contributed by atoms with Gasteiger partial charge >= 0.3 is 11.8 Å². The fourth-order valence-corrected chi connectivity index (χ4v) is 4.61. The first-order valence-corrected chi connectivity index (χ1v) is 10.9. The first-order chi connectivity index (χ1) is 14.0. The summed E-state index contributed by atoms with van der Waals surface area (Å²) in [5.74, 6) is 0. The van der Waals surface area contributed by atoms with E-state index in [9.17, 15) is 14.9 Å². The SMILES string of the molecule is CC(C)(C)OC(=O)N1CCN(C2CCN(c3cc(Cl)c([N+](=O)[O-])c(Cl)c3)CC2)CC1. The van der Waals surface area contributed by atoms with Gasteiger partial charge in [0, 0.05) is 51.0 Å². The number of ether oxygens (including phenoxy) is 1. The van der Waals surface area contributed by atoms with Gasteiger partial charge in [0.15, 0.2) is 0 Å². The largest absolute Gasteiger partial charge is 0.444 e. The number of rotatable bonds is 3. The first-order valence-electron chi connectivity index (χ1n) is 10.2. The summed E-state index contributed by atoms with van der Waals surface area (Å²) in [7, 11) is 0. The van der Waals surface area contributed by atoms with Crippen molar-refractivity contribution in [2.75, 3.05) is 44.2 Å². The number of hydrogen-bond acceptors (Lipinski definition) is 6. The summed E-state index contributed by atoms with van der Waals surface area (Å²) in [4.78, 5) is 29.1. The van der Waals surface area contributed by atoms with Crippen LogP contribution in [-0.4, -0.2) is 71.7 Å². The number of hydrogen-bond donors (Lipinski definition) is 0. The highest BCUT2D eigenvalue weighted by molar-refractivity contribution is 6.38. The van der Waals surface area contributed by atoms with Crippen LogP contribution in [-0.2, 0) is 4.74 Å². The third-order valence-corrected chi connectivity index (χ3v) is 6.07. The van der Waals surface area contributed by atoms with Crippen molar-refractivity contribution in [2.24, 2.45) is 0 Å². The molecule has 0 bridgehead atoms. The molecular weight excluding hydrogens is 431 g/mol. The third kappa shape index (κ3) is 5.47. The summed E-state index contributed by atoms with van der Waals surface area (Å²) in [5, 5.41) is 11.2. The zero-order valence-electron chi connectivity index (χ0n) is 17.6. The molecule has 1 aromatic rings. The maximum Gasteiger partial charge on any atom is 0.410 e. The monoisotopic (exact) mass is 458 g/mol. The molecule has 0 radical (unpaired) electrons. The van der Waals surface area contributed by atoms with Gasteiger partial charge in [0.25, 0.3) is 0 Å². The van der Waals surface area contributed by atoms with Crippen molar-refractivity contribution >= 4 is 40.7 Å². The van der Waals surface area contributed by atoms with Gasteiger partial charge in [0.05, 0.1) is 4.92 Å². The number of piperidine rings is 1. The minimum absolute atomic E-state index is 0.0582. The summed E-state index contributed by atoms with van der Waals surface area (Å²) < 4.78 is 5.46. The van der Waals surface area contributed by atoms with Crippen molar-refractivity contribution < 1.29 is 14.5 Å². The number of amides is 1. The van der Waals surface area contributed by atoms with Crippen LogP contribution in [0.15, 0.2) is 12.1 Å². The fraction of sp³-hybridized carbons (Fsp3) is 0.650. The van der Waals surface area contributed by atoms with Gasteiger partial charge in [-0.1, -0.05) is 23.2 Å². The van der Waals surface area contributed by atoms with Crippen molar-refractivity contribution in [1.82, 2.24) is 9.80 Å². The van der Waals surface area contributed by atoms with Crippen LogP contribution in [0.4, 0.5) is 16.2 Å². The average molecular weight is 459 g/mol. The first kappa shape index (κ1) is 22.9. The molecule has 0 atom stereocenters. The Labute approximate surface area is 186 Å². The molecule has 3 rings (SSSR count). The Morgan fingerprint density at radius 1 is 1.07 bits per heavy atom. The summed E-state index contributed by atoms with van der Waals surface area (Å²) in [6, 6.07) is 3.68. The molecule has 166 valence electrons. The predicted octanol–water partition coefficient (Wildman–Crippen LogP) is 4.42. The van der Waals surface area contributed by atoms with Gasteiger partial charge in [0.1, 0.15) is 15.6 Å². The Balaban J connectivity index is 1.52. The quantitative estimate of drug-likeness (QED) is 0.492. The normalized spacial score (nSPS) is 19.1. The van der Waals surface area contributed by atoms with E-state index in [1.807, 2.05) is 20.8 Å². The molecule has 2 aliphatic heterocycles. The van der Waals surface area contributed by atoms with E-state index in [1.54, 1.807) is 17.0 Å². The molecule has 2 fully saturated rings. The zero-order chi connectivity index (χ0) is 22.1. The summed E-state index contributed by atoms with van der Waals surface area (Å²) >= 11 is 12.2. The number of anilines is 1. The van der Waals surface area contributed by atoms with Crippen LogP contribution in [0.3, 0.4) is 0 Å². The van der Waals surface area contributed by atoms with Gasteiger partial charge in [-0.05, 0) is 45.7 Å². The zero-order valence-corrected chi connectivity index (χ0v) is 19.1. The van der Waals surface area contributed by atoms with Crippen LogP contribution in [0, 0.1) is 10.1 Å². The lowest BCUT2D eigenvalue weighted by Gasteiger charge is -2.43. The van der Waals surface area contributed by atoms with Crippen LogP contribution < -0.4 is 4.90 Å². The van der Waals surface area contributed by atoms with E-state index < -0.39 is 10.5 Å². The molecule has 8 nitrogen and oxygen atoms in total. The van der Waals surface area contributed by atoms with Crippen molar-refractivity contribution in [1.29, 1.82) is 0 Å². The third-order valence-electron chi connectivity index (χ3n) is 5.50. The van der Waals surface area contributed by atoms with E-state index >= 15 is 0 Å². The summed E-state index contributed by atoms with van der Waals surface area (Å²) in [6.07, 6.45) is 1.70. The van der Waals surface area contributed by atoms with Crippen LogP contribution in [0.25, 0.3) is 0 Å². The molecule has 2 saturated heterocycles. The highest BCUT2D eigenvalue weighted by Crippen LogP contribution is 2.37. The van der Waals surface area contributed by atoms with E-state index in [2.05, 4.69) is 9.80 Å². The smallest absolute Gasteiger partial charge is 0.410 e. The second-order valence-electron chi connectivity index (χ2n) is 8.74. The molecule has 0 saturated carbocycles. The second-order valence-corrected chi connectivity index (χ2v) is 9.55. The lowest BCUT2D eigenvalue weighted by atomic mass is 10.0. The molecular formula is C20H28Cl2N4O4. The number of benzene rings is 1. The molecule has 10 heteroatoms. The van der Waals surface area contributed by atoms with Crippen LogP contribution in [0.1, 0.15) is 33.6 Å².